The Hall–Kier alpha value is -0.860. The maximum Gasteiger partial charge on any atom is 0.0686 e. The summed E-state index contributed by atoms with van der Waals surface area (Å²) in [6.45, 7) is 5.28. The van der Waals surface area contributed by atoms with Gasteiger partial charge in [-0.15, -0.1) is 0 Å². The Labute approximate surface area is 129 Å². The molecule has 1 spiro atoms. The molecule has 2 atom stereocenters. The molecule has 0 amide bonds. The Morgan fingerprint density at radius 3 is 2.62 bits per heavy atom. The highest BCUT2D eigenvalue weighted by atomic mass is 16.5. The van der Waals surface area contributed by atoms with E-state index >= 15 is 0 Å². The fourth-order valence-corrected chi connectivity index (χ4v) is 4.48. The number of benzene rings is 1. The van der Waals surface area contributed by atoms with E-state index in [1.165, 1.54) is 43.2 Å². The molecular weight excluding hydrogens is 258 g/mol. The van der Waals surface area contributed by atoms with Gasteiger partial charge in [-0.1, -0.05) is 43.5 Å². The van der Waals surface area contributed by atoms with Crippen molar-refractivity contribution < 1.29 is 4.74 Å². The normalized spacial score (nSPS) is 28.2. The lowest BCUT2D eigenvalue weighted by molar-refractivity contribution is -0.127. The van der Waals surface area contributed by atoms with Crippen LogP contribution >= 0.6 is 0 Å². The minimum atomic E-state index is -0.250. The van der Waals surface area contributed by atoms with Gasteiger partial charge in [-0.2, -0.15) is 0 Å². The summed E-state index contributed by atoms with van der Waals surface area (Å²) < 4.78 is 6.24. The van der Waals surface area contributed by atoms with Crippen molar-refractivity contribution in [3.8, 4) is 0 Å². The smallest absolute Gasteiger partial charge is 0.0686 e. The van der Waals surface area contributed by atoms with E-state index in [1.807, 2.05) is 0 Å². The van der Waals surface area contributed by atoms with Gasteiger partial charge in [-0.05, 0) is 56.6 Å². The first-order valence-corrected chi connectivity index (χ1v) is 8.52. The number of hydrogen-bond acceptors (Lipinski definition) is 2. The molecule has 1 aromatic rings. The second-order valence-corrected chi connectivity index (χ2v) is 7.38. The first-order chi connectivity index (χ1) is 10.0. The van der Waals surface area contributed by atoms with Crippen LogP contribution in [0.2, 0.25) is 0 Å². The summed E-state index contributed by atoms with van der Waals surface area (Å²) in [6.07, 6.45) is 8.68. The Morgan fingerprint density at radius 2 is 1.90 bits per heavy atom. The highest BCUT2D eigenvalue weighted by Crippen LogP contribution is 2.45. The van der Waals surface area contributed by atoms with Crippen molar-refractivity contribution in [3.63, 3.8) is 0 Å². The highest BCUT2D eigenvalue weighted by Gasteiger charge is 2.44. The zero-order chi connectivity index (χ0) is 14.9. The van der Waals surface area contributed by atoms with Crippen LogP contribution in [-0.2, 0) is 10.3 Å². The van der Waals surface area contributed by atoms with Gasteiger partial charge >= 0.3 is 0 Å². The maximum atomic E-state index is 6.85. The van der Waals surface area contributed by atoms with E-state index in [4.69, 9.17) is 10.5 Å². The molecule has 0 bridgehead atoms. The molecule has 0 radical (unpaired) electrons. The minimum absolute atomic E-state index is 0.129. The number of nitrogens with two attached hydrogens (primary N) is 1. The number of aryl methyl sites for hydroxylation is 1. The van der Waals surface area contributed by atoms with Gasteiger partial charge in [0.05, 0.1) is 5.60 Å². The molecule has 2 heteroatoms. The monoisotopic (exact) mass is 287 g/mol. The number of hydrogen-bond donors (Lipinski definition) is 1. The summed E-state index contributed by atoms with van der Waals surface area (Å²) in [4.78, 5) is 0. The molecule has 3 rings (SSSR count). The van der Waals surface area contributed by atoms with E-state index < -0.39 is 0 Å². The molecule has 116 valence electrons. The zero-order valence-electron chi connectivity index (χ0n) is 13.5. The van der Waals surface area contributed by atoms with Crippen LogP contribution in [0.3, 0.4) is 0 Å². The first kappa shape index (κ1) is 15.1. The van der Waals surface area contributed by atoms with Crippen LogP contribution in [0.15, 0.2) is 24.3 Å². The SMILES string of the molecule is Cc1ccccc1C(C)(N)C1CCOC2(CCCCC2)C1. The third kappa shape index (κ3) is 2.89. The molecule has 2 N–H and O–H groups in total. The van der Waals surface area contributed by atoms with Gasteiger partial charge in [-0.3, -0.25) is 0 Å². The Balaban J connectivity index is 1.83. The molecule has 2 nitrogen and oxygen atoms in total. The van der Waals surface area contributed by atoms with Crippen LogP contribution in [0.25, 0.3) is 0 Å². The second kappa shape index (κ2) is 5.73. The average Bonchev–Trinajstić information content (AvgIpc) is 2.48. The first-order valence-electron chi connectivity index (χ1n) is 8.52. The van der Waals surface area contributed by atoms with Gasteiger partial charge in [0, 0.05) is 12.1 Å². The van der Waals surface area contributed by atoms with E-state index in [-0.39, 0.29) is 11.1 Å². The Morgan fingerprint density at radius 1 is 1.19 bits per heavy atom. The van der Waals surface area contributed by atoms with Gasteiger partial charge in [0.25, 0.3) is 0 Å². The van der Waals surface area contributed by atoms with Crippen molar-refractivity contribution in [2.24, 2.45) is 11.7 Å². The Bertz CT molecular complexity index is 483. The van der Waals surface area contributed by atoms with Crippen molar-refractivity contribution in [3.05, 3.63) is 35.4 Å². The number of ether oxygens (including phenoxy) is 1. The molecule has 1 saturated heterocycles. The predicted octanol–water partition coefficient (Wildman–Crippen LogP) is 4.30. The Kier molecular flexibility index (Phi) is 4.11. The summed E-state index contributed by atoms with van der Waals surface area (Å²) in [7, 11) is 0. The lowest BCUT2D eigenvalue weighted by atomic mass is 9.68. The zero-order valence-corrected chi connectivity index (χ0v) is 13.5. The second-order valence-electron chi connectivity index (χ2n) is 7.38. The maximum absolute atomic E-state index is 6.85. The topological polar surface area (TPSA) is 35.2 Å². The third-order valence-corrected chi connectivity index (χ3v) is 5.83. The standard InChI is InChI=1S/C19H29NO/c1-15-8-4-5-9-17(15)18(2,20)16-10-13-21-19(14-16)11-6-3-7-12-19/h4-5,8-9,16H,3,6-7,10-14,20H2,1-2H3. The van der Waals surface area contributed by atoms with Gasteiger partial charge in [0.15, 0.2) is 0 Å². The largest absolute Gasteiger partial charge is 0.375 e. The lowest BCUT2D eigenvalue weighted by Crippen LogP contribution is -2.50. The van der Waals surface area contributed by atoms with Crippen molar-refractivity contribution in [1.82, 2.24) is 0 Å². The minimum Gasteiger partial charge on any atom is -0.375 e. The fourth-order valence-electron chi connectivity index (χ4n) is 4.48. The highest BCUT2D eigenvalue weighted by molar-refractivity contribution is 5.32. The fraction of sp³-hybridized carbons (Fsp3) is 0.684. The van der Waals surface area contributed by atoms with E-state index in [9.17, 15) is 0 Å². The predicted molar refractivity (Wildman–Crippen MR) is 87.2 cm³/mol. The van der Waals surface area contributed by atoms with Crippen molar-refractivity contribution >= 4 is 0 Å². The van der Waals surface area contributed by atoms with Crippen LogP contribution in [0.4, 0.5) is 0 Å². The average molecular weight is 287 g/mol. The summed E-state index contributed by atoms with van der Waals surface area (Å²) in [5.41, 5.74) is 9.35. The molecule has 1 aliphatic carbocycles. The molecule has 1 heterocycles. The molecule has 0 aromatic heterocycles. The molecular formula is C19H29NO. The van der Waals surface area contributed by atoms with Gasteiger partial charge in [0.2, 0.25) is 0 Å². The van der Waals surface area contributed by atoms with E-state index in [0.29, 0.717) is 5.92 Å². The lowest BCUT2D eigenvalue weighted by Gasteiger charge is -2.48. The molecule has 2 unspecified atom stereocenters. The third-order valence-electron chi connectivity index (χ3n) is 5.83. The molecule has 1 aliphatic heterocycles. The molecule has 1 aromatic carbocycles. The van der Waals surface area contributed by atoms with E-state index in [0.717, 1.165) is 19.4 Å². The molecule has 2 aliphatic rings. The van der Waals surface area contributed by atoms with Crippen LogP contribution in [0.5, 0.6) is 0 Å². The van der Waals surface area contributed by atoms with E-state index in [2.05, 4.69) is 38.1 Å². The van der Waals surface area contributed by atoms with Crippen LogP contribution in [0.1, 0.15) is 63.0 Å². The number of rotatable bonds is 2. The molecule has 2 fully saturated rings. The summed E-state index contributed by atoms with van der Waals surface area (Å²) in [6, 6.07) is 8.60. The van der Waals surface area contributed by atoms with Crippen LogP contribution < -0.4 is 5.73 Å². The molecule has 21 heavy (non-hydrogen) atoms. The van der Waals surface area contributed by atoms with Gasteiger partial charge in [-0.25, -0.2) is 0 Å². The van der Waals surface area contributed by atoms with Crippen LogP contribution in [0, 0.1) is 12.8 Å². The van der Waals surface area contributed by atoms with Crippen molar-refractivity contribution in [1.29, 1.82) is 0 Å². The van der Waals surface area contributed by atoms with E-state index in [1.54, 1.807) is 0 Å². The van der Waals surface area contributed by atoms with Gasteiger partial charge < -0.3 is 10.5 Å². The molecule has 1 saturated carbocycles. The van der Waals surface area contributed by atoms with Gasteiger partial charge in [0.1, 0.15) is 0 Å². The van der Waals surface area contributed by atoms with Crippen molar-refractivity contribution in [2.75, 3.05) is 6.61 Å². The van der Waals surface area contributed by atoms with Crippen molar-refractivity contribution in [2.45, 2.75) is 69.9 Å². The van der Waals surface area contributed by atoms with Crippen LogP contribution in [-0.4, -0.2) is 12.2 Å². The quantitative estimate of drug-likeness (QED) is 0.880. The summed E-state index contributed by atoms with van der Waals surface area (Å²) >= 11 is 0. The summed E-state index contributed by atoms with van der Waals surface area (Å²) in [5, 5.41) is 0. The summed E-state index contributed by atoms with van der Waals surface area (Å²) in [5.74, 6) is 0.519.